The van der Waals surface area contributed by atoms with E-state index in [2.05, 4.69) is 206 Å². The van der Waals surface area contributed by atoms with Crippen LogP contribution in [0.1, 0.15) is 11.1 Å². The predicted octanol–water partition coefficient (Wildman–Crippen LogP) is 15.1. The molecule has 0 heteroatoms. The molecule has 0 nitrogen and oxygen atoms in total. The summed E-state index contributed by atoms with van der Waals surface area (Å²) in [5.41, 5.74) is 15.3. The van der Waals surface area contributed by atoms with Gasteiger partial charge in [0.2, 0.25) is 0 Å². The van der Waals surface area contributed by atoms with Gasteiger partial charge in [-0.15, -0.1) is 0 Å². The lowest BCUT2D eigenvalue weighted by Gasteiger charge is -2.19. The monoisotopic (exact) mass is 682 g/mol. The molecular weight excluding hydrogens is 649 g/mol. The normalized spacial score (nSPS) is 12.0. The lowest BCUT2D eigenvalue weighted by molar-refractivity contribution is 1.63. The minimum atomic E-state index is 1.18. The molecule has 1 aliphatic carbocycles. The molecule has 250 valence electrons. The summed E-state index contributed by atoms with van der Waals surface area (Å²) in [5.74, 6) is 0. The van der Waals surface area contributed by atoms with Crippen molar-refractivity contribution in [2.24, 2.45) is 0 Å². The molecule has 0 heterocycles. The Morgan fingerprint density at radius 3 is 1.43 bits per heavy atom. The van der Waals surface area contributed by atoms with Gasteiger partial charge in [0, 0.05) is 0 Å². The molecular formula is C54H34. The summed E-state index contributed by atoms with van der Waals surface area (Å²) in [6, 6.07) is 71.3. The minimum absolute atomic E-state index is 1.18. The minimum Gasteiger partial charge on any atom is -0.0622 e. The van der Waals surface area contributed by atoms with Crippen molar-refractivity contribution in [3.05, 3.63) is 205 Å². The van der Waals surface area contributed by atoms with Gasteiger partial charge >= 0.3 is 0 Å². The van der Waals surface area contributed by atoms with Crippen molar-refractivity contribution < 1.29 is 0 Å². The van der Waals surface area contributed by atoms with E-state index >= 15 is 0 Å². The zero-order chi connectivity index (χ0) is 35.6. The first-order chi connectivity index (χ1) is 26.8. The van der Waals surface area contributed by atoms with Crippen molar-refractivity contribution in [3.8, 4) is 55.6 Å². The molecule has 0 saturated heterocycles. The summed E-state index contributed by atoms with van der Waals surface area (Å²) in [6.45, 7) is 0. The zero-order valence-electron chi connectivity index (χ0n) is 29.6. The molecule has 0 bridgehead atoms. The Bertz CT molecular complexity index is 3040. The van der Waals surface area contributed by atoms with E-state index in [9.17, 15) is 0 Å². The molecule has 0 aromatic heterocycles. The first-order valence-corrected chi connectivity index (χ1v) is 18.8. The highest BCUT2D eigenvalue weighted by Gasteiger charge is 2.24. The molecule has 10 aromatic rings. The smallest absolute Gasteiger partial charge is 0.00201 e. The summed E-state index contributed by atoms with van der Waals surface area (Å²) < 4.78 is 0. The van der Waals surface area contributed by atoms with E-state index < -0.39 is 0 Å². The highest BCUT2D eigenvalue weighted by molar-refractivity contribution is 6.26. The molecule has 0 radical (unpaired) electrons. The quantitative estimate of drug-likeness (QED) is 0.125. The SMILES string of the molecule is C(=Cc1ccc(-c2ccccc2)c2ccccc12)c1ccc(-c2c3ccccc3c(-c3ccc4c5c(cccc35)-c3ccccc3-4)c3ccccc23)cc1. The maximum absolute atomic E-state index is 2.36. The summed E-state index contributed by atoms with van der Waals surface area (Å²) in [7, 11) is 0. The van der Waals surface area contributed by atoms with Gasteiger partial charge in [-0.05, 0) is 110 Å². The lowest BCUT2D eigenvalue weighted by atomic mass is 9.84. The molecule has 0 aliphatic heterocycles. The number of fused-ring (bicyclic) bond motifs is 6. The Balaban J connectivity index is 1.02. The van der Waals surface area contributed by atoms with Crippen molar-refractivity contribution in [2.75, 3.05) is 0 Å². The van der Waals surface area contributed by atoms with Gasteiger partial charge in [0.25, 0.3) is 0 Å². The van der Waals surface area contributed by atoms with Gasteiger partial charge in [0.05, 0.1) is 0 Å². The van der Waals surface area contributed by atoms with Crippen LogP contribution in [-0.4, -0.2) is 0 Å². The molecule has 11 rings (SSSR count). The summed E-state index contributed by atoms with van der Waals surface area (Å²) >= 11 is 0. The van der Waals surface area contributed by atoms with Gasteiger partial charge in [0.15, 0.2) is 0 Å². The van der Waals surface area contributed by atoms with Crippen LogP contribution in [0.4, 0.5) is 0 Å². The average molecular weight is 683 g/mol. The van der Waals surface area contributed by atoms with E-state index in [1.807, 2.05) is 0 Å². The second kappa shape index (κ2) is 12.3. The first-order valence-electron chi connectivity index (χ1n) is 18.8. The van der Waals surface area contributed by atoms with Crippen molar-refractivity contribution in [1.29, 1.82) is 0 Å². The van der Waals surface area contributed by atoms with E-state index in [4.69, 9.17) is 0 Å². The Morgan fingerprint density at radius 1 is 0.241 bits per heavy atom. The molecule has 0 N–H and O–H groups in total. The highest BCUT2D eigenvalue weighted by Crippen LogP contribution is 2.51. The molecule has 0 unspecified atom stereocenters. The van der Waals surface area contributed by atoms with Crippen LogP contribution in [0.25, 0.3) is 111 Å². The summed E-state index contributed by atoms with van der Waals surface area (Å²) in [4.78, 5) is 0. The second-order valence-electron chi connectivity index (χ2n) is 14.3. The summed E-state index contributed by atoms with van der Waals surface area (Å²) in [6.07, 6.45) is 4.49. The van der Waals surface area contributed by atoms with Crippen molar-refractivity contribution in [2.45, 2.75) is 0 Å². The third-order valence-electron chi connectivity index (χ3n) is 11.4. The average Bonchev–Trinajstić information content (AvgIpc) is 3.57. The molecule has 0 fully saturated rings. The van der Waals surface area contributed by atoms with Crippen LogP contribution in [0.15, 0.2) is 194 Å². The Labute approximate surface area is 314 Å². The van der Waals surface area contributed by atoms with E-state index in [1.165, 1.54) is 110 Å². The molecule has 0 amide bonds. The van der Waals surface area contributed by atoms with Crippen LogP contribution in [0.3, 0.4) is 0 Å². The fourth-order valence-electron chi connectivity index (χ4n) is 9.04. The largest absolute Gasteiger partial charge is 0.0622 e. The predicted molar refractivity (Wildman–Crippen MR) is 233 cm³/mol. The number of rotatable bonds is 5. The Hall–Kier alpha value is -7.02. The second-order valence-corrected chi connectivity index (χ2v) is 14.3. The van der Waals surface area contributed by atoms with Gasteiger partial charge in [-0.3, -0.25) is 0 Å². The highest BCUT2D eigenvalue weighted by atomic mass is 14.3. The topological polar surface area (TPSA) is 0 Å². The van der Waals surface area contributed by atoms with Crippen molar-refractivity contribution in [1.82, 2.24) is 0 Å². The molecule has 0 spiro atoms. The summed E-state index contributed by atoms with van der Waals surface area (Å²) in [5, 5.41) is 10.3. The third kappa shape index (κ3) is 4.71. The van der Waals surface area contributed by atoms with Crippen LogP contribution in [-0.2, 0) is 0 Å². The van der Waals surface area contributed by atoms with Crippen LogP contribution < -0.4 is 0 Å². The van der Waals surface area contributed by atoms with Crippen LogP contribution in [0.2, 0.25) is 0 Å². The van der Waals surface area contributed by atoms with E-state index in [1.54, 1.807) is 0 Å². The van der Waals surface area contributed by atoms with Gasteiger partial charge in [-0.2, -0.15) is 0 Å². The Morgan fingerprint density at radius 2 is 0.741 bits per heavy atom. The molecule has 1 aliphatic rings. The van der Waals surface area contributed by atoms with Crippen molar-refractivity contribution in [3.63, 3.8) is 0 Å². The lowest BCUT2D eigenvalue weighted by Crippen LogP contribution is -1.92. The van der Waals surface area contributed by atoms with Crippen LogP contribution in [0.5, 0.6) is 0 Å². The third-order valence-corrected chi connectivity index (χ3v) is 11.4. The van der Waals surface area contributed by atoms with Crippen LogP contribution in [0, 0.1) is 0 Å². The number of benzene rings is 10. The van der Waals surface area contributed by atoms with Crippen molar-refractivity contribution >= 4 is 55.2 Å². The van der Waals surface area contributed by atoms with Gasteiger partial charge in [-0.25, -0.2) is 0 Å². The Kier molecular flexibility index (Phi) is 6.97. The van der Waals surface area contributed by atoms with Gasteiger partial charge in [0.1, 0.15) is 0 Å². The van der Waals surface area contributed by atoms with E-state index in [0.29, 0.717) is 0 Å². The van der Waals surface area contributed by atoms with E-state index in [0.717, 1.165) is 0 Å². The maximum atomic E-state index is 2.36. The number of hydrogen-bond donors (Lipinski definition) is 0. The first kappa shape index (κ1) is 30.6. The number of hydrogen-bond acceptors (Lipinski definition) is 0. The molecule has 0 atom stereocenters. The standard InChI is InChI=1S/C54H34/c1-2-13-36(14-3-1)40-32-31-37(39-15-4-5-16-41(39)40)28-25-35-26-29-38(30-27-35)52-45-19-8-10-21-47(45)54(48-22-11-9-20-46(48)52)51-34-33-50-43-18-7-6-17-42(43)44-23-12-24-49(51)53(44)50/h1-34H. The van der Waals surface area contributed by atoms with Gasteiger partial charge in [-0.1, -0.05) is 206 Å². The zero-order valence-corrected chi connectivity index (χ0v) is 29.6. The van der Waals surface area contributed by atoms with Crippen LogP contribution >= 0.6 is 0 Å². The fraction of sp³-hybridized carbons (Fsp3) is 0. The van der Waals surface area contributed by atoms with Gasteiger partial charge < -0.3 is 0 Å². The molecule has 54 heavy (non-hydrogen) atoms. The maximum Gasteiger partial charge on any atom is -0.00201 e. The van der Waals surface area contributed by atoms with E-state index in [-0.39, 0.29) is 0 Å². The fourth-order valence-corrected chi connectivity index (χ4v) is 9.04. The molecule has 10 aromatic carbocycles. The molecule has 0 saturated carbocycles.